The number of halogens is 1. The largest absolute Gasteiger partial charge is 0.493 e. The van der Waals surface area contributed by atoms with Gasteiger partial charge in [-0.1, -0.05) is 16.8 Å². The lowest BCUT2D eigenvalue weighted by Gasteiger charge is -2.05. The summed E-state index contributed by atoms with van der Waals surface area (Å²) in [6, 6.07) is 3.56. The molecule has 0 bridgehead atoms. The van der Waals surface area contributed by atoms with E-state index in [9.17, 15) is 0 Å². The second kappa shape index (κ2) is 4.81. The molecular weight excluding hydrogens is 282 g/mol. The van der Waals surface area contributed by atoms with Crippen molar-refractivity contribution in [1.29, 1.82) is 0 Å². The first kappa shape index (κ1) is 13.0. The van der Waals surface area contributed by atoms with E-state index in [1.807, 2.05) is 13.0 Å². The van der Waals surface area contributed by atoms with Crippen LogP contribution < -0.4 is 10.5 Å². The van der Waals surface area contributed by atoms with Crippen molar-refractivity contribution in [2.75, 3.05) is 7.11 Å². The highest BCUT2D eigenvalue weighted by Crippen LogP contribution is 2.40. The Morgan fingerprint density at radius 3 is 2.85 bits per heavy atom. The number of furan rings is 1. The molecule has 3 aromatic rings. The van der Waals surface area contributed by atoms with Crippen LogP contribution in [0.2, 0.25) is 5.02 Å². The van der Waals surface area contributed by atoms with Crippen molar-refractivity contribution in [2.24, 2.45) is 5.73 Å². The Labute approximate surface area is 119 Å². The Kier molecular flexibility index (Phi) is 3.11. The maximum absolute atomic E-state index is 6.40. The predicted molar refractivity (Wildman–Crippen MR) is 73.7 cm³/mol. The first-order valence-electron chi connectivity index (χ1n) is 5.93. The zero-order valence-electron chi connectivity index (χ0n) is 10.9. The van der Waals surface area contributed by atoms with Gasteiger partial charge >= 0.3 is 0 Å². The van der Waals surface area contributed by atoms with Crippen molar-refractivity contribution in [2.45, 2.75) is 13.5 Å². The lowest BCUT2D eigenvalue weighted by atomic mass is 10.1. The maximum Gasteiger partial charge on any atom is 0.240 e. The van der Waals surface area contributed by atoms with Gasteiger partial charge in [-0.25, -0.2) is 0 Å². The van der Waals surface area contributed by atoms with Crippen LogP contribution in [0, 0.1) is 6.92 Å². The van der Waals surface area contributed by atoms with Crippen LogP contribution in [0.5, 0.6) is 5.75 Å². The monoisotopic (exact) mass is 293 g/mol. The fourth-order valence-electron chi connectivity index (χ4n) is 2.03. The number of benzene rings is 1. The fraction of sp³-hybridized carbons (Fsp3) is 0.231. The summed E-state index contributed by atoms with van der Waals surface area (Å²) in [6.45, 7) is 2.02. The molecule has 0 saturated heterocycles. The van der Waals surface area contributed by atoms with Crippen molar-refractivity contribution >= 4 is 22.6 Å². The lowest BCUT2D eigenvalue weighted by molar-refractivity contribution is 0.380. The third-order valence-corrected chi connectivity index (χ3v) is 3.34. The van der Waals surface area contributed by atoms with Gasteiger partial charge in [-0.3, -0.25) is 0 Å². The smallest absolute Gasteiger partial charge is 0.240 e. The van der Waals surface area contributed by atoms with E-state index < -0.39 is 0 Å². The number of aromatic nitrogens is 2. The molecule has 1 aromatic carbocycles. The zero-order chi connectivity index (χ0) is 14.3. The minimum Gasteiger partial charge on any atom is -0.493 e. The van der Waals surface area contributed by atoms with Crippen molar-refractivity contribution in [3.63, 3.8) is 0 Å². The molecule has 104 valence electrons. The molecule has 7 heteroatoms. The van der Waals surface area contributed by atoms with Gasteiger partial charge in [0.2, 0.25) is 11.7 Å². The Balaban J connectivity index is 2.27. The third-order valence-electron chi connectivity index (χ3n) is 2.93. The van der Waals surface area contributed by atoms with Gasteiger partial charge in [-0.15, -0.1) is 0 Å². The highest BCUT2D eigenvalue weighted by Gasteiger charge is 2.19. The van der Waals surface area contributed by atoms with Gasteiger partial charge < -0.3 is 19.4 Å². The molecule has 0 saturated carbocycles. The summed E-state index contributed by atoms with van der Waals surface area (Å²) in [5, 5.41) is 5.11. The molecule has 2 N–H and O–H groups in total. The molecule has 0 spiro atoms. The van der Waals surface area contributed by atoms with E-state index in [-0.39, 0.29) is 6.54 Å². The predicted octanol–water partition coefficient (Wildman–Crippen LogP) is 2.91. The third kappa shape index (κ3) is 1.93. The van der Waals surface area contributed by atoms with E-state index in [1.165, 1.54) is 0 Å². The molecule has 3 rings (SSSR count). The first-order valence-corrected chi connectivity index (χ1v) is 6.31. The van der Waals surface area contributed by atoms with E-state index in [1.54, 1.807) is 13.2 Å². The van der Waals surface area contributed by atoms with Crippen LogP contribution in [0.1, 0.15) is 11.7 Å². The standard InChI is InChI=1S/C13H12ClN3O3/c1-6-3-7-11(14)8(4-9(18-2)12(7)19-6)13-16-10(5-15)20-17-13/h3-4H,5,15H2,1-2H3. The number of methoxy groups -OCH3 is 1. The molecule has 0 atom stereocenters. The van der Waals surface area contributed by atoms with E-state index in [0.29, 0.717) is 33.6 Å². The van der Waals surface area contributed by atoms with Gasteiger partial charge in [0.15, 0.2) is 11.3 Å². The second-order valence-electron chi connectivity index (χ2n) is 4.26. The summed E-state index contributed by atoms with van der Waals surface area (Å²) in [5.41, 5.74) is 6.67. The Hall–Kier alpha value is -2.05. The van der Waals surface area contributed by atoms with Crippen LogP contribution in [0.15, 0.2) is 21.1 Å². The summed E-state index contributed by atoms with van der Waals surface area (Å²) in [5.74, 6) is 2.02. The molecule has 0 unspecified atom stereocenters. The molecule has 6 nitrogen and oxygen atoms in total. The zero-order valence-corrected chi connectivity index (χ0v) is 11.7. The number of ether oxygens (including phenoxy) is 1. The Bertz CT molecular complexity index is 779. The van der Waals surface area contributed by atoms with Gasteiger partial charge in [0.1, 0.15) is 5.76 Å². The summed E-state index contributed by atoms with van der Waals surface area (Å²) >= 11 is 6.40. The average molecular weight is 294 g/mol. The molecule has 0 aliphatic rings. The number of aryl methyl sites for hydroxylation is 1. The molecule has 0 aliphatic carbocycles. The summed E-state index contributed by atoms with van der Waals surface area (Å²) < 4.78 is 15.9. The van der Waals surface area contributed by atoms with Gasteiger partial charge in [-0.2, -0.15) is 4.98 Å². The van der Waals surface area contributed by atoms with E-state index >= 15 is 0 Å². The maximum atomic E-state index is 6.40. The van der Waals surface area contributed by atoms with Crippen molar-refractivity contribution in [1.82, 2.24) is 10.1 Å². The summed E-state index contributed by atoms with van der Waals surface area (Å²) in [7, 11) is 1.56. The highest BCUT2D eigenvalue weighted by atomic mass is 35.5. The van der Waals surface area contributed by atoms with Crippen LogP contribution in [0.4, 0.5) is 0 Å². The van der Waals surface area contributed by atoms with Crippen molar-refractivity contribution in [3.05, 3.63) is 28.8 Å². The number of nitrogens with zero attached hydrogens (tertiary/aromatic N) is 2. The Morgan fingerprint density at radius 2 is 2.20 bits per heavy atom. The SMILES string of the molecule is COc1cc(-c2noc(CN)n2)c(Cl)c2cc(C)oc12. The number of rotatable bonds is 3. The van der Waals surface area contributed by atoms with E-state index in [0.717, 1.165) is 11.1 Å². The highest BCUT2D eigenvalue weighted by molar-refractivity contribution is 6.38. The van der Waals surface area contributed by atoms with Gasteiger partial charge in [-0.05, 0) is 19.1 Å². The molecule has 0 aliphatic heterocycles. The fourth-order valence-corrected chi connectivity index (χ4v) is 2.31. The molecule has 0 amide bonds. The normalized spacial score (nSPS) is 11.2. The number of hydrogen-bond donors (Lipinski definition) is 1. The van der Waals surface area contributed by atoms with Gasteiger partial charge in [0, 0.05) is 10.9 Å². The number of nitrogens with two attached hydrogens (primary N) is 1. The minimum absolute atomic E-state index is 0.175. The quantitative estimate of drug-likeness (QED) is 0.799. The van der Waals surface area contributed by atoms with Gasteiger partial charge in [0.05, 0.1) is 18.7 Å². The number of hydrogen-bond acceptors (Lipinski definition) is 6. The van der Waals surface area contributed by atoms with E-state index in [2.05, 4.69) is 10.1 Å². The van der Waals surface area contributed by atoms with Crippen LogP contribution in [-0.4, -0.2) is 17.3 Å². The molecule has 0 fully saturated rings. The summed E-state index contributed by atoms with van der Waals surface area (Å²) in [4.78, 5) is 4.18. The average Bonchev–Trinajstić information content (AvgIpc) is 3.05. The Morgan fingerprint density at radius 1 is 1.40 bits per heavy atom. The van der Waals surface area contributed by atoms with Crippen molar-refractivity contribution in [3.8, 4) is 17.1 Å². The molecule has 20 heavy (non-hydrogen) atoms. The van der Waals surface area contributed by atoms with Crippen LogP contribution in [0.25, 0.3) is 22.4 Å². The van der Waals surface area contributed by atoms with Crippen LogP contribution >= 0.6 is 11.6 Å². The molecule has 0 radical (unpaired) electrons. The number of fused-ring (bicyclic) bond motifs is 1. The lowest BCUT2D eigenvalue weighted by Crippen LogP contribution is -1.95. The molecular formula is C13H12ClN3O3. The van der Waals surface area contributed by atoms with Gasteiger partial charge in [0.25, 0.3) is 0 Å². The van der Waals surface area contributed by atoms with Crippen LogP contribution in [0.3, 0.4) is 0 Å². The molecule has 2 aromatic heterocycles. The van der Waals surface area contributed by atoms with Crippen LogP contribution in [-0.2, 0) is 6.54 Å². The minimum atomic E-state index is 0.175. The van der Waals surface area contributed by atoms with E-state index in [4.69, 9.17) is 31.0 Å². The second-order valence-corrected chi connectivity index (χ2v) is 4.63. The van der Waals surface area contributed by atoms with Crippen molar-refractivity contribution < 1.29 is 13.7 Å². The topological polar surface area (TPSA) is 87.3 Å². The first-order chi connectivity index (χ1) is 9.63. The summed E-state index contributed by atoms with van der Waals surface area (Å²) in [6.07, 6.45) is 0. The molecule has 2 heterocycles.